The van der Waals surface area contributed by atoms with E-state index in [0.717, 1.165) is 22.6 Å². The fourth-order valence-electron chi connectivity index (χ4n) is 2.58. The van der Waals surface area contributed by atoms with Gasteiger partial charge in [0, 0.05) is 6.61 Å². The number of hydrogen-bond donors (Lipinski definition) is 0. The molecular weight excluding hydrogens is 236 g/mol. The predicted molar refractivity (Wildman–Crippen MR) is 67.0 cm³/mol. The highest BCUT2D eigenvalue weighted by Crippen LogP contribution is 2.40. The predicted octanol–water partition coefficient (Wildman–Crippen LogP) is 0.217. The Hall–Kier alpha value is -0.393. The normalized spacial score (nSPS) is 30.9. The molecule has 0 aromatic carbocycles. The Kier molecular flexibility index (Phi) is 5.00. The summed E-state index contributed by atoms with van der Waals surface area (Å²) in [5.74, 6) is 0.572. The van der Waals surface area contributed by atoms with Crippen molar-refractivity contribution in [2.24, 2.45) is 5.92 Å². The summed E-state index contributed by atoms with van der Waals surface area (Å²) in [6, 6.07) is 0. The summed E-state index contributed by atoms with van der Waals surface area (Å²) in [6.45, 7) is 0.780. The molecule has 0 amide bonds. The average molecular weight is 258 g/mol. The van der Waals surface area contributed by atoms with E-state index in [1.807, 2.05) is 0 Å². The van der Waals surface area contributed by atoms with Gasteiger partial charge in [0.15, 0.2) is 0 Å². The zero-order chi connectivity index (χ0) is 12.1. The van der Waals surface area contributed by atoms with Crippen molar-refractivity contribution in [3.05, 3.63) is 0 Å². The van der Waals surface area contributed by atoms with E-state index < -0.39 is 0 Å². The van der Waals surface area contributed by atoms with Gasteiger partial charge in [-0.2, -0.15) is 0 Å². The van der Waals surface area contributed by atoms with Crippen LogP contribution < -0.4 is 0 Å². The second-order valence-corrected chi connectivity index (χ2v) is 5.47. The van der Waals surface area contributed by atoms with Gasteiger partial charge >= 0.3 is 5.97 Å². The van der Waals surface area contributed by atoms with Crippen LogP contribution in [0.3, 0.4) is 0 Å². The van der Waals surface area contributed by atoms with Gasteiger partial charge in [0.1, 0.15) is 6.61 Å². The first-order valence-corrected chi connectivity index (χ1v) is 8.10. The van der Waals surface area contributed by atoms with Gasteiger partial charge in [-0.1, -0.05) is 0 Å². The van der Waals surface area contributed by atoms with Crippen LogP contribution in [-0.2, 0) is 19.0 Å². The number of esters is 1. The quantitative estimate of drug-likeness (QED) is 0.284. The zero-order valence-electron chi connectivity index (χ0n) is 10.5. The molecule has 3 atom stereocenters. The van der Waals surface area contributed by atoms with Crippen LogP contribution in [0.1, 0.15) is 32.1 Å². The number of hydrogen-bond acceptors (Lipinski definition) is 4. The van der Waals surface area contributed by atoms with E-state index in [1.165, 1.54) is 25.7 Å². The number of fused-ring (bicyclic) bond motifs is 1. The largest absolute Gasteiger partial charge is 0.469 e. The van der Waals surface area contributed by atoms with E-state index in [2.05, 4.69) is 0 Å². The number of rotatable bonds is 7. The third kappa shape index (κ3) is 4.41. The lowest BCUT2D eigenvalue weighted by molar-refractivity contribution is -0.146. The summed E-state index contributed by atoms with van der Waals surface area (Å²) < 4.78 is 15.6. The van der Waals surface area contributed by atoms with Gasteiger partial charge in [-0.15, -0.1) is 0 Å². The highest BCUT2D eigenvalue weighted by molar-refractivity contribution is 6.08. The number of carbonyl (C=O) groups excluding carboxylic acids is 1. The first-order chi connectivity index (χ1) is 8.29. The molecule has 1 saturated carbocycles. The summed E-state index contributed by atoms with van der Waals surface area (Å²) in [4.78, 5) is 11.0. The van der Waals surface area contributed by atoms with Crippen LogP contribution in [0.4, 0.5) is 0 Å². The summed E-state index contributed by atoms with van der Waals surface area (Å²) in [5.41, 5.74) is 0. The van der Waals surface area contributed by atoms with E-state index in [-0.39, 0.29) is 12.6 Å². The molecule has 2 aliphatic rings. The summed E-state index contributed by atoms with van der Waals surface area (Å²) >= 11 is 0. The Morgan fingerprint density at radius 3 is 3.00 bits per heavy atom. The smallest absolute Gasteiger partial charge is 0.331 e. The Bertz CT molecular complexity index is 259. The fourth-order valence-corrected chi connectivity index (χ4v) is 2.90. The molecule has 0 bridgehead atoms. The Morgan fingerprint density at radius 2 is 2.24 bits per heavy atom. The van der Waals surface area contributed by atoms with E-state index in [9.17, 15) is 4.79 Å². The SMILES string of the molecule is O=C(COCCCC1CCC2OC2C1)OC[SiH3]. The second kappa shape index (κ2) is 6.52. The molecular formula is C12H22O4Si. The molecule has 1 aliphatic heterocycles. The van der Waals surface area contributed by atoms with Crippen molar-refractivity contribution >= 4 is 16.2 Å². The second-order valence-electron chi connectivity index (χ2n) is 4.89. The lowest BCUT2D eigenvalue weighted by Gasteiger charge is -2.18. The van der Waals surface area contributed by atoms with Crippen LogP contribution in [0.5, 0.6) is 0 Å². The van der Waals surface area contributed by atoms with E-state index in [1.54, 1.807) is 0 Å². The summed E-state index contributed by atoms with van der Waals surface area (Å²) in [6.07, 6.45) is 7.72. The molecule has 1 saturated heterocycles. The van der Waals surface area contributed by atoms with Gasteiger partial charge in [-0.3, -0.25) is 0 Å². The van der Waals surface area contributed by atoms with Crippen molar-refractivity contribution < 1.29 is 19.0 Å². The highest BCUT2D eigenvalue weighted by atomic mass is 28.1. The minimum absolute atomic E-state index is 0.112. The minimum Gasteiger partial charge on any atom is -0.469 e. The van der Waals surface area contributed by atoms with Crippen molar-refractivity contribution in [2.75, 3.05) is 19.4 Å². The van der Waals surface area contributed by atoms with Crippen molar-refractivity contribution in [3.63, 3.8) is 0 Å². The first-order valence-electron chi connectivity index (χ1n) is 6.68. The third-order valence-corrected chi connectivity index (χ3v) is 3.83. The Labute approximate surface area is 105 Å². The van der Waals surface area contributed by atoms with Crippen LogP contribution in [-0.4, -0.2) is 47.9 Å². The minimum atomic E-state index is -0.230. The average Bonchev–Trinajstić information content (AvgIpc) is 3.07. The van der Waals surface area contributed by atoms with Gasteiger partial charge in [0.25, 0.3) is 0 Å². The van der Waals surface area contributed by atoms with Gasteiger partial charge in [-0.25, -0.2) is 4.79 Å². The first kappa shape index (κ1) is 13.0. The van der Waals surface area contributed by atoms with Gasteiger partial charge in [0.2, 0.25) is 0 Å². The van der Waals surface area contributed by atoms with E-state index in [4.69, 9.17) is 14.2 Å². The van der Waals surface area contributed by atoms with Crippen molar-refractivity contribution in [1.82, 2.24) is 0 Å². The maximum absolute atomic E-state index is 11.0. The molecule has 4 nitrogen and oxygen atoms in total. The van der Waals surface area contributed by atoms with E-state index in [0.29, 0.717) is 25.0 Å². The third-order valence-electron chi connectivity index (χ3n) is 3.54. The van der Waals surface area contributed by atoms with Gasteiger partial charge in [-0.05, 0) is 38.0 Å². The van der Waals surface area contributed by atoms with E-state index >= 15 is 0 Å². The molecule has 17 heavy (non-hydrogen) atoms. The molecule has 0 aromatic rings. The number of ether oxygens (including phenoxy) is 3. The van der Waals surface area contributed by atoms with Crippen molar-refractivity contribution in [1.29, 1.82) is 0 Å². The molecule has 1 heterocycles. The maximum atomic E-state index is 11.0. The molecule has 0 aromatic heterocycles. The van der Waals surface area contributed by atoms with Gasteiger partial charge < -0.3 is 14.2 Å². The van der Waals surface area contributed by atoms with Gasteiger partial charge in [0.05, 0.1) is 28.7 Å². The van der Waals surface area contributed by atoms with Crippen LogP contribution >= 0.6 is 0 Å². The highest BCUT2D eigenvalue weighted by Gasteiger charge is 2.43. The lowest BCUT2D eigenvalue weighted by Crippen LogP contribution is -2.16. The molecule has 1 aliphatic carbocycles. The molecule has 0 N–H and O–H groups in total. The topological polar surface area (TPSA) is 48.1 Å². The van der Waals surface area contributed by atoms with Crippen LogP contribution in [0.25, 0.3) is 0 Å². The molecule has 3 unspecified atom stereocenters. The summed E-state index contributed by atoms with van der Waals surface area (Å²) in [5, 5.41) is 0. The fraction of sp³-hybridized carbons (Fsp3) is 0.917. The Morgan fingerprint density at radius 1 is 1.35 bits per heavy atom. The van der Waals surface area contributed by atoms with Crippen molar-refractivity contribution in [3.8, 4) is 0 Å². The monoisotopic (exact) mass is 258 g/mol. The number of carbonyl (C=O) groups is 1. The standard InChI is InChI=1S/C12H22O4Si/c13-12(15-8-17)7-14-5-1-2-9-3-4-10-11(6-9)16-10/h9-11H,1-8H2,17H3. The zero-order valence-corrected chi connectivity index (χ0v) is 12.5. The molecule has 98 valence electrons. The van der Waals surface area contributed by atoms with Crippen LogP contribution in [0.15, 0.2) is 0 Å². The van der Waals surface area contributed by atoms with Crippen molar-refractivity contribution in [2.45, 2.75) is 44.3 Å². The molecule has 0 radical (unpaired) electrons. The maximum Gasteiger partial charge on any atom is 0.331 e. The Balaban J connectivity index is 1.44. The molecule has 2 rings (SSSR count). The number of epoxide rings is 1. The summed E-state index contributed by atoms with van der Waals surface area (Å²) in [7, 11) is 0.893. The lowest BCUT2D eigenvalue weighted by atomic mass is 9.86. The molecule has 0 spiro atoms. The molecule has 2 fully saturated rings. The van der Waals surface area contributed by atoms with Crippen LogP contribution in [0, 0.1) is 5.92 Å². The molecule has 5 heteroatoms. The van der Waals surface area contributed by atoms with Crippen LogP contribution in [0.2, 0.25) is 0 Å².